The van der Waals surface area contributed by atoms with Gasteiger partial charge in [0.05, 0.1) is 22.0 Å². The van der Waals surface area contributed by atoms with Gasteiger partial charge >= 0.3 is 5.97 Å². The molecule has 4 radical (unpaired) electrons. The summed E-state index contributed by atoms with van der Waals surface area (Å²) in [5.74, 6) is -1.92. The predicted molar refractivity (Wildman–Crippen MR) is 518 cm³/mol. The van der Waals surface area contributed by atoms with Crippen LogP contribution in [0.1, 0.15) is 195 Å². The molecule has 29 heteroatoms. The van der Waals surface area contributed by atoms with E-state index in [9.17, 15) is 47.9 Å². The van der Waals surface area contributed by atoms with E-state index < -0.39 is 34.3 Å². The number of halogens is 3. The minimum absolute atomic E-state index is 0. The second-order valence-electron chi connectivity index (χ2n) is 35.0. The Morgan fingerprint density at radius 3 is 0.904 bits per heavy atom. The molecule has 12 aromatic rings. The maximum atomic E-state index is 13.2. The summed E-state index contributed by atoms with van der Waals surface area (Å²) in [6, 6.07) is 61.3. The van der Waals surface area contributed by atoms with Crippen LogP contribution in [0, 0.1) is 75.6 Å². The molecule has 0 spiro atoms. The number of nitrogens with one attached hydrogen (secondary N) is 6. The fourth-order valence-electron chi connectivity index (χ4n) is 18.1. The SMILES string of the molecule is C1CCNCC1.CC(=O)C(=O)c1c[nH]c2cc(C)c(C(=O)N3CCC(Cc4cc[c-]cc4)CC3)cc12.CN1CCNCC1.Cc1cc2[nH]cc(C(=O)C(=O)Cl)c2cc1C(=O)N1CCC(Cc2cc[c-]cc2)CC1.Cc1cc2[nH]cc(C(=O)C(=O)O)c2cc1C(=O)N1CCC(Cc2cc[c-]cc2)CC1.Cc1cc2[nH]ccc2cc1C(=O)N1CCC(Cc2cc[c-]cc2)CC1.ClCCl.[Y].[Y].[Y].[Y]. The summed E-state index contributed by atoms with van der Waals surface area (Å²) in [6.45, 7) is 22.1. The topological polar surface area (TPSA) is 294 Å². The number of rotatable bonds is 18. The van der Waals surface area contributed by atoms with Crippen molar-refractivity contribution in [1.29, 1.82) is 0 Å². The maximum Gasteiger partial charge on any atom is 0.377 e. The molecule has 7 N–H and O–H groups in total. The molecule has 0 saturated carbocycles. The predicted octanol–water partition coefficient (Wildman–Crippen LogP) is 18.2. The van der Waals surface area contributed by atoms with Crippen LogP contribution in [0.25, 0.3) is 43.6 Å². The first-order valence-corrected chi connectivity index (χ1v) is 47.0. The summed E-state index contributed by atoms with van der Waals surface area (Å²) in [5, 5.41) is 17.5. The van der Waals surface area contributed by atoms with Gasteiger partial charge in [-0.15, -0.1) is 23.2 Å². The fraction of sp³-hybridized carbons (Fsp3) is 0.377. The Balaban J connectivity index is 0.000000207. The molecule has 8 aromatic carbocycles. The zero-order valence-corrected chi connectivity index (χ0v) is 91.6. The number of aromatic amines is 4. The normalized spacial score (nSPS) is 15.3. The quantitative estimate of drug-likeness (QED) is 0.0138. The molecule has 700 valence electrons. The van der Waals surface area contributed by atoms with E-state index in [2.05, 4.69) is 121 Å². The molecule has 0 bridgehead atoms. The van der Waals surface area contributed by atoms with Crippen molar-refractivity contribution >= 4 is 136 Å². The molecule has 4 amide bonds. The van der Waals surface area contributed by atoms with Crippen molar-refractivity contribution in [2.45, 2.75) is 131 Å². The second kappa shape index (κ2) is 56.9. The zero-order chi connectivity index (χ0) is 93.0. The van der Waals surface area contributed by atoms with Gasteiger partial charge in [0.2, 0.25) is 11.6 Å². The number of piperidine rings is 5. The standard InChI is InChI=1S/C25H25N2O3.C24H22ClN2O3.C24H23N2O4.C22H23N2O.C5H12N2.C5H11N.CH2Cl2.4Y/c1-16-12-23-21(22(15-26-23)24(29)17(2)28)14-20(16)25(30)27-10-8-19(9-11-27)13-18-6-4-3-5-7-18;1-15-11-21-19(20(14-26-21)22(28)23(25)29)13-18(15)24(30)27-9-7-17(8-10-27)12-16-5-3-2-4-6-16;1-15-11-21-19(20(14-25-21)22(27)24(29)30)13-18(15)23(28)26-9-7-17(8-10-26)12-16-5-3-2-4-6-16;1-16-13-21-19(7-10-23-21)15-20(16)22(25)24-11-8-18(9-12-24)14-17-5-3-2-4-6-17;1-7-4-2-6-3-5-7;1-2-4-6-5-3-1;2-1-3;;;;/h4-7,12,14-15,19,26H,8-11,13H2,1-2H3;3-6,11,13-14,17,26H,7-10,12H2,1H3;3-6,11,13-14,17,25H,7-10,12H2,1H3,(H,29,30);3-7,10,13,15,18,23H,8-9,11-12,14H2,1H3;6H,2-5H2,1H3;6H,1-5H2;1H2;;;;/q4*-1;;;;;;;. The van der Waals surface area contributed by atoms with E-state index in [1.54, 1.807) is 30.5 Å². The van der Waals surface area contributed by atoms with Crippen molar-refractivity contribution in [2.75, 3.05) is 104 Å². The van der Waals surface area contributed by atoms with Crippen molar-refractivity contribution in [1.82, 2.24) is 55.1 Å². The number of hydrogen-bond donors (Lipinski definition) is 7. The second-order valence-corrected chi connectivity index (χ2v) is 36.1. The number of alkyl halides is 2. The smallest absolute Gasteiger partial charge is 0.377 e. The number of hydrogen-bond acceptors (Lipinski definition) is 13. The van der Waals surface area contributed by atoms with Gasteiger partial charge in [-0.1, -0.05) is 6.42 Å². The number of ketones is 4. The number of carboxylic acid groups (broad SMARTS) is 1. The van der Waals surface area contributed by atoms with Gasteiger partial charge in [0.15, 0.2) is 5.78 Å². The molecule has 0 unspecified atom stereocenters. The number of H-pyrrole nitrogens is 4. The van der Waals surface area contributed by atoms with E-state index in [1.807, 2.05) is 126 Å². The fourth-order valence-corrected chi connectivity index (χ4v) is 18.2. The first-order valence-electron chi connectivity index (χ1n) is 45.5. The minimum Gasteiger partial charge on any atom is -0.475 e. The number of aliphatic carboxylic acids is 1. The van der Waals surface area contributed by atoms with E-state index >= 15 is 0 Å². The van der Waals surface area contributed by atoms with Crippen LogP contribution in [0.2, 0.25) is 0 Å². The van der Waals surface area contributed by atoms with Crippen LogP contribution in [0.15, 0.2) is 176 Å². The Morgan fingerprint density at radius 1 is 0.363 bits per heavy atom. The summed E-state index contributed by atoms with van der Waals surface area (Å²) in [4.78, 5) is 145. The molecule has 0 atom stereocenters. The van der Waals surface area contributed by atoms with Crippen molar-refractivity contribution < 1.29 is 184 Å². The van der Waals surface area contributed by atoms with Gasteiger partial charge in [-0.2, -0.15) is 144 Å². The van der Waals surface area contributed by atoms with Gasteiger partial charge in [-0.05, 0) is 250 Å². The first kappa shape index (κ1) is 113. The minimum atomic E-state index is -1.51. The number of carbonyl (C=O) groups is 10. The van der Waals surface area contributed by atoms with Gasteiger partial charge < -0.3 is 60.2 Å². The molecular formula is C106H118Cl3N11O11Y4-4. The molecule has 6 fully saturated rings. The van der Waals surface area contributed by atoms with E-state index in [0.717, 1.165) is 161 Å². The number of Topliss-reactive ketones (excluding diaryl/α,β-unsaturated/α-hetero) is 4. The van der Waals surface area contributed by atoms with E-state index in [4.69, 9.17) is 39.9 Å². The Bertz CT molecular complexity index is 5480. The summed E-state index contributed by atoms with van der Waals surface area (Å²) >= 11 is 14.9. The van der Waals surface area contributed by atoms with Crippen LogP contribution in [0.5, 0.6) is 0 Å². The zero-order valence-electron chi connectivity index (χ0n) is 78.0. The summed E-state index contributed by atoms with van der Waals surface area (Å²) in [6.07, 6.45) is 22.6. The third kappa shape index (κ3) is 32.2. The van der Waals surface area contributed by atoms with E-state index in [0.29, 0.717) is 99.3 Å². The van der Waals surface area contributed by atoms with Crippen LogP contribution < -0.4 is 10.6 Å². The van der Waals surface area contributed by atoms with Crippen LogP contribution in [0.3, 0.4) is 0 Å². The van der Waals surface area contributed by atoms with E-state index in [-0.39, 0.29) is 171 Å². The summed E-state index contributed by atoms with van der Waals surface area (Å²) in [7, 11) is 2.15. The summed E-state index contributed by atoms with van der Waals surface area (Å²) in [5.41, 5.74) is 15.1. The number of benzene rings is 8. The molecule has 6 aliphatic rings. The molecular weight excluding hydrogens is 2070 g/mol. The van der Waals surface area contributed by atoms with Crippen molar-refractivity contribution in [3.8, 4) is 0 Å². The number of aryl methyl sites for hydroxylation is 4. The first-order chi connectivity index (χ1) is 63.3. The number of nitrogens with zero attached hydrogens (tertiary/aromatic N) is 5. The third-order valence-electron chi connectivity index (χ3n) is 25.7. The Morgan fingerprint density at radius 2 is 0.644 bits per heavy atom. The number of piperazine rings is 1. The van der Waals surface area contributed by atoms with Gasteiger partial charge in [-0.25, -0.2) is 4.79 Å². The summed E-state index contributed by atoms with van der Waals surface area (Å²) < 4.78 is 0. The molecule has 6 saturated heterocycles. The number of amides is 4. The monoisotopic (exact) mass is 2180 g/mol. The molecule has 18 rings (SSSR count). The molecule has 4 aromatic heterocycles. The van der Waals surface area contributed by atoms with Crippen molar-refractivity contribution in [2.24, 2.45) is 23.7 Å². The number of aromatic nitrogens is 4. The van der Waals surface area contributed by atoms with Crippen LogP contribution in [-0.4, -0.2) is 212 Å². The Kier molecular flexibility index (Phi) is 47.6. The van der Waals surface area contributed by atoms with Gasteiger partial charge in [0.25, 0.3) is 34.7 Å². The average molecular weight is 2180 g/mol. The molecule has 0 aliphatic carbocycles. The van der Waals surface area contributed by atoms with E-state index in [1.165, 1.54) is 87.0 Å². The van der Waals surface area contributed by atoms with Gasteiger partial charge in [-0.3, -0.25) is 43.2 Å². The molecule has 10 heterocycles. The molecule has 22 nitrogen and oxygen atoms in total. The van der Waals surface area contributed by atoms with Crippen molar-refractivity contribution in [3.63, 3.8) is 0 Å². The Hall–Kier alpha value is -7.21. The van der Waals surface area contributed by atoms with Crippen LogP contribution >= 0.6 is 34.8 Å². The maximum absolute atomic E-state index is 13.2. The van der Waals surface area contributed by atoms with Gasteiger partial charge in [0, 0.05) is 307 Å². The average Bonchev–Trinajstić information content (AvgIpc) is 1.66. The largest absolute Gasteiger partial charge is 0.475 e. The number of likely N-dealkylation sites (N-methyl/N-ethyl adjacent to an activating group) is 1. The third-order valence-corrected chi connectivity index (χ3v) is 25.9. The number of carboxylic acids is 1. The van der Waals surface area contributed by atoms with Crippen LogP contribution in [0.4, 0.5) is 0 Å². The number of carbonyl (C=O) groups excluding carboxylic acids is 9. The number of fused-ring (bicyclic) bond motifs is 4. The van der Waals surface area contributed by atoms with Gasteiger partial charge in [0.1, 0.15) is 0 Å². The molecule has 135 heavy (non-hydrogen) atoms. The number of likely N-dealkylation sites (tertiary alicyclic amines) is 4. The van der Waals surface area contributed by atoms with Crippen molar-refractivity contribution in [3.05, 3.63) is 284 Å². The Labute approximate surface area is 907 Å². The van der Waals surface area contributed by atoms with Crippen LogP contribution in [-0.2, 0) is 171 Å². The molecule has 6 aliphatic heterocycles.